The molecule has 0 saturated carbocycles. The van der Waals surface area contributed by atoms with Crippen molar-refractivity contribution in [2.24, 2.45) is 5.73 Å². The van der Waals surface area contributed by atoms with Crippen LogP contribution in [0.15, 0.2) is 85.1 Å². The first kappa shape index (κ1) is 51.2. The zero-order chi connectivity index (χ0) is 50.2. The molecule has 4 amide bonds. The Morgan fingerprint density at radius 1 is 0.884 bits per heavy atom. The molecule has 1 saturated heterocycles. The molecule has 368 valence electrons. The summed E-state index contributed by atoms with van der Waals surface area (Å²) in [5.41, 5.74) is 8.11. The van der Waals surface area contributed by atoms with Gasteiger partial charge in [0.25, 0.3) is 5.91 Å². The molecule has 0 aliphatic carbocycles. The van der Waals surface area contributed by atoms with Gasteiger partial charge in [-0.15, -0.1) is 0 Å². The molecule has 0 bridgehead atoms. The van der Waals surface area contributed by atoms with Crippen LogP contribution in [0, 0.1) is 0 Å². The number of amides is 4. The lowest BCUT2D eigenvalue weighted by atomic mass is 9.86. The largest absolute Gasteiger partial charge is 0.496 e. The van der Waals surface area contributed by atoms with Crippen LogP contribution in [-0.2, 0) is 25.0 Å². The number of nitrogens with zero attached hydrogens (tertiary/aromatic N) is 5. The zero-order valence-electron chi connectivity index (χ0n) is 40.2. The van der Waals surface area contributed by atoms with Gasteiger partial charge in [-0.25, -0.2) is 18.2 Å². The number of pyridine rings is 1. The number of primary amides is 1. The van der Waals surface area contributed by atoms with E-state index in [9.17, 15) is 32.7 Å². The van der Waals surface area contributed by atoms with Gasteiger partial charge in [0.15, 0.2) is 5.75 Å². The molecule has 1 aliphatic heterocycles. The highest BCUT2D eigenvalue weighted by Crippen LogP contribution is 2.46. The molecule has 5 aromatic rings. The summed E-state index contributed by atoms with van der Waals surface area (Å²) in [7, 11) is 2.50. The van der Waals surface area contributed by atoms with E-state index in [0.29, 0.717) is 90.0 Å². The predicted octanol–water partition coefficient (Wildman–Crippen LogP) is 6.34. The van der Waals surface area contributed by atoms with Crippen molar-refractivity contribution < 1.29 is 46.9 Å². The van der Waals surface area contributed by atoms with Crippen molar-refractivity contribution in [3.63, 3.8) is 0 Å². The van der Waals surface area contributed by atoms with Crippen molar-refractivity contribution in [3.05, 3.63) is 96.2 Å². The van der Waals surface area contributed by atoms with E-state index in [2.05, 4.69) is 25.2 Å². The number of rotatable bonds is 19. The molecule has 19 nitrogen and oxygen atoms in total. The van der Waals surface area contributed by atoms with Crippen LogP contribution in [0.5, 0.6) is 23.0 Å². The van der Waals surface area contributed by atoms with Crippen LogP contribution in [0.25, 0.3) is 10.8 Å². The molecule has 1 aromatic heterocycles. The van der Waals surface area contributed by atoms with E-state index >= 15 is 0 Å². The van der Waals surface area contributed by atoms with Crippen LogP contribution in [0.1, 0.15) is 49.5 Å². The van der Waals surface area contributed by atoms with Gasteiger partial charge in [0.1, 0.15) is 29.1 Å². The first-order valence-electron chi connectivity index (χ1n) is 22.3. The third kappa shape index (κ3) is 12.9. The average molecular weight is 968 g/mol. The molecule has 2 heterocycles. The number of hydrogen-bond acceptors (Lipinski definition) is 13. The second kappa shape index (κ2) is 21.9. The van der Waals surface area contributed by atoms with Crippen molar-refractivity contribution in [3.8, 4) is 23.0 Å². The number of likely N-dealkylation sites (N-methyl/N-ethyl adjacent to an activating group) is 1. The Labute approximate surface area is 402 Å². The number of carboxylic acid groups (broad SMARTS) is 1. The van der Waals surface area contributed by atoms with E-state index in [-0.39, 0.29) is 41.8 Å². The van der Waals surface area contributed by atoms with Crippen LogP contribution in [0.3, 0.4) is 0 Å². The van der Waals surface area contributed by atoms with E-state index in [1.54, 1.807) is 84.7 Å². The first-order chi connectivity index (χ1) is 32.7. The van der Waals surface area contributed by atoms with Gasteiger partial charge in [0, 0.05) is 80.5 Å². The first-order valence-corrected chi connectivity index (χ1v) is 24.1. The second-order valence-corrected chi connectivity index (χ2v) is 19.6. The van der Waals surface area contributed by atoms with Crippen molar-refractivity contribution in [1.29, 1.82) is 0 Å². The normalized spacial score (nSPS) is 13.7. The van der Waals surface area contributed by atoms with Crippen molar-refractivity contribution in [1.82, 2.24) is 25.0 Å². The van der Waals surface area contributed by atoms with Crippen molar-refractivity contribution >= 4 is 73.2 Å². The number of urea groups is 1. The number of benzene rings is 4. The van der Waals surface area contributed by atoms with Gasteiger partial charge >= 0.3 is 12.0 Å². The van der Waals surface area contributed by atoms with Gasteiger partial charge in [0.2, 0.25) is 15.9 Å². The minimum Gasteiger partial charge on any atom is -0.496 e. The number of methoxy groups -OCH3 is 2. The van der Waals surface area contributed by atoms with E-state index in [4.69, 9.17) is 19.9 Å². The third-order valence-corrected chi connectivity index (χ3v) is 12.2. The number of carbonyl (C=O) groups is 4. The maximum Gasteiger partial charge on any atom is 0.324 e. The minimum absolute atomic E-state index is 0.0592. The quantitative estimate of drug-likeness (QED) is 0.0607. The van der Waals surface area contributed by atoms with E-state index in [0.717, 1.165) is 11.8 Å². The lowest BCUT2D eigenvalue weighted by molar-refractivity contribution is -0.143. The number of nitrogens with one attached hydrogen (secondary N) is 3. The number of sulfonamides is 1. The molecule has 1 fully saturated rings. The summed E-state index contributed by atoms with van der Waals surface area (Å²) >= 11 is 0. The number of nitrogens with two attached hydrogens (primary N) is 1. The maximum atomic E-state index is 13.5. The van der Waals surface area contributed by atoms with Crippen molar-refractivity contribution in [2.45, 2.75) is 45.1 Å². The standard InChI is InChI=1S/C49H61N9O10S/c1-49(2,3)31-27-37(54-69(8,64)65)45(67-7)40(28-31)58(48(50)63)38-15-17-41(35-12-10-9-11-34(35)38)68-33-19-20-51-43(30-33)53-32-13-14-36(42(29-32)66-6)46(60)52-21-22-56-23-25-57(26-24-56)44(59)18-16-39(47(61)62)55(4)5/h9-15,17,19-20,27-30,39,54H,16,18,21-26H2,1-8H3,(H2,50,63)(H,51,53)(H,52,60)(H,61,62)/t39-/m0/s1. The fourth-order valence-corrected chi connectivity index (χ4v) is 8.60. The van der Waals surface area contributed by atoms with Gasteiger partial charge in [-0.2, -0.15) is 0 Å². The number of fused-ring (bicyclic) bond motifs is 1. The summed E-state index contributed by atoms with van der Waals surface area (Å²) in [5.74, 6) is 0.481. The predicted molar refractivity (Wildman–Crippen MR) is 266 cm³/mol. The van der Waals surface area contributed by atoms with Crippen LogP contribution < -0.4 is 40.2 Å². The monoisotopic (exact) mass is 967 g/mol. The number of hydrogen-bond donors (Lipinski definition) is 5. The van der Waals surface area contributed by atoms with Gasteiger partial charge in [-0.3, -0.25) is 33.8 Å². The molecular formula is C49H61N9O10S. The van der Waals surface area contributed by atoms with Crippen LogP contribution in [0.2, 0.25) is 0 Å². The minimum atomic E-state index is -3.74. The fraction of sp³-hybridized carbons (Fsp3) is 0.367. The summed E-state index contributed by atoms with van der Waals surface area (Å²) < 4.78 is 45.2. The molecule has 1 atom stereocenters. The van der Waals surface area contributed by atoms with E-state index in [1.807, 2.05) is 45.0 Å². The summed E-state index contributed by atoms with van der Waals surface area (Å²) in [6.45, 7) is 9.20. The van der Waals surface area contributed by atoms with Gasteiger partial charge in [-0.1, -0.05) is 45.0 Å². The number of piperazine rings is 1. The maximum absolute atomic E-state index is 13.5. The fourth-order valence-electron chi connectivity index (χ4n) is 8.05. The second-order valence-electron chi connectivity index (χ2n) is 17.9. The van der Waals surface area contributed by atoms with Crippen molar-refractivity contribution in [2.75, 3.05) is 88.8 Å². The smallest absolute Gasteiger partial charge is 0.324 e. The average Bonchev–Trinajstić information content (AvgIpc) is 3.28. The number of carboxylic acids is 1. The van der Waals surface area contributed by atoms with E-state index in [1.165, 1.54) is 19.1 Å². The van der Waals surface area contributed by atoms with Crippen LogP contribution >= 0.6 is 0 Å². The summed E-state index contributed by atoms with van der Waals surface area (Å²) in [5, 5.41) is 16.9. The number of aliphatic carboxylic acids is 1. The Morgan fingerprint density at radius 2 is 1.59 bits per heavy atom. The van der Waals surface area contributed by atoms with Crippen LogP contribution in [0.4, 0.5) is 33.4 Å². The summed E-state index contributed by atoms with van der Waals surface area (Å²) in [4.78, 5) is 62.3. The zero-order valence-corrected chi connectivity index (χ0v) is 41.0. The highest BCUT2D eigenvalue weighted by molar-refractivity contribution is 7.92. The van der Waals surface area contributed by atoms with E-state index < -0.39 is 33.5 Å². The number of anilines is 5. The van der Waals surface area contributed by atoms with Crippen LogP contribution in [-0.4, -0.2) is 137 Å². The molecular weight excluding hydrogens is 907 g/mol. The number of ether oxygens (including phenoxy) is 3. The Balaban J connectivity index is 1.12. The molecule has 0 unspecified atom stereocenters. The molecule has 20 heteroatoms. The molecule has 6 N–H and O–H groups in total. The Bertz CT molecular complexity index is 2810. The Hall–Kier alpha value is -7.16. The Morgan fingerprint density at radius 3 is 2.22 bits per heavy atom. The molecule has 6 rings (SSSR count). The lowest BCUT2D eigenvalue weighted by Gasteiger charge is -2.35. The SMILES string of the molecule is COc1cc(Nc2cc(Oc3ccc(N(C(N)=O)c4cc(C(C)(C)C)cc(NS(C)(=O)=O)c4OC)c4ccccc34)ccn2)ccc1C(=O)NCCN1CCN(C(=O)CC[C@@H](C(=O)O)N(C)C)CC1. The number of carbonyl (C=O) groups excluding carboxylic acids is 3. The third-order valence-electron chi connectivity index (χ3n) is 11.7. The number of aromatic nitrogens is 1. The summed E-state index contributed by atoms with van der Waals surface area (Å²) in [6.07, 6.45) is 3.03. The van der Waals surface area contributed by atoms with Gasteiger partial charge < -0.3 is 40.6 Å². The molecule has 1 aliphatic rings. The molecule has 4 aromatic carbocycles. The molecule has 69 heavy (non-hydrogen) atoms. The molecule has 0 radical (unpaired) electrons. The topological polar surface area (TPSA) is 238 Å². The highest BCUT2D eigenvalue weighted by atomic mass is 32.2. The Kier molecular flexibility index (Phi) is 16.2. The summed E-state index contributed by atoms with van der Waals surface area (Å²) in [6, 6.07) is 21.1. The molecule has 0 spiro atoms. The highest BCUT2D eigenvalue weighted by Gasteiger charge is 2.29. The van der Waals surface area contributed by atoms with Gasteiger partial charge in [-0.05, 0) is 74.0 Å². The lowest BCUT2D eigenvalue weighted by Crippen LogP contribution is -2.50. The van der Waals surface area contributed by atoms with Gasteiger partial charge in [0.05, 0.1) is 43.1 Å².